The molecule has 0 radical (unpaired) electrons. The van der Waals surface area contributed by atoms with E-state index >= 15 is 0 Å². The molecule has 0 bridgehead atoms. The summed E-state index contributed by atoms with van der Waals surface area (Å²) in [6.07, 6.45) is 1.68. The van der Waals surface area contributed by atoms with Crippen molar-refractivity contribution in [3.8, 4) is 0 Å². The number of carboxylic acids is 1. The number of benzene rings is 1. The molecular formula is C12H15Cl2NO2. The van der Waals surface area contributed by atoms with E-state index in [9.17, 15) is 4.79 Å². The zero-order valence-electron chi connectivity index (χ0n) is 9.30. The normalized spacial score (nSPS) is 19.9. The van der Waals surface area contributed by atoms with Gasteiger partial charge in [-0.1, -0.05) is 29.8 Å². The van der Waals surface area contributed by atoms with Crippen LogP contribution in [-0.4, -0.2) is 28.6 Å². The van der Waals surface area contributed by atoms with Crippen LogP contribution >= 0.6 is 24.0 Å². The molecule has 0 spiro atoms. The Kier molecular flexibility index (Phi) is 5.25. The van der Waals surface area contributed by atoms with Crippen molar-refractivity contribution in [1.82, 2.24) is 4.90 Å². The second-order valence-electron chi connectivity index (χ2n) is 4.06. The van der Waals surface area contributed by atoms with E-state index in [-0.39, 0.29) is 18.4 Å². The van der Waals surface area contributed by atoms with Gasteiger partial charge in [-0.3, -0.25) is 9.69 Å². The number of halogens is 2. The summed E-state index contributed by atoms with van der Waals surface area (Å²) >= 11 is 6.06. The van der Waals surface area contributed by atoms with Crippen LogP contribution in [-0.2, 0) is 11.3 Å². The molecule has 17 heavy (non-hydrogen) atoms. The Bertz CT molecular complexity index is 398. The van der Waals surface area contributed by atoms with Crippen LogP contribution in [0.3, 0.4) is 0 Å². The first-order valence-corrected chi connectivity index (χ1v) is 5.76. The van der Waals surface area contributed by atoms with Crippen LogP contribution in [0.2, 0.25) is 5.02 Å². The second kappa shape index (κ2) is 6.24. The summed E-state index contributed by atoms with van der Waals surface area (Å²) in [5.41, 5.74) is 0.998. The van der Waals surface area contributed by atoms with Crippen LogP contribution in [0, 0.1) is 0 Å². The highest BCUT2D eigenvalue weighted by atomic mass is 35.5. The zero-order valence-corrected chi connectivity index (χ0v) is 10.9. The standard InChI is InChI=1S/C12H14ClNO2.ClH/c13-10-5-2-1-4-9(10)8-14-7-3-6-11(14)12(15)16;/h1-2,4-5,11H,3,6-8H2,(H,15,16);1H/t11-;/m1./s1. The molecule has 0 saturated carbocycles. The molecule has 94 valence electrons. The smallest absolute Gasteiger partial charge is 0.320 e. The minimum absolute atomic E-state index is 0. The lowest BCUT2D eigenvalue weighted by Crippen LogP contribution is -2.35. The van der Waals surface area contributed by atoms with Gasteiger partial charge >= 0.3 is 5.97 Å². The van der Waals surface area contributed by atoms with E-state index in [1.807, 2.05) is 29.2 Å². The Balaban J connectivity index is 0.00000144. The maximum Gasteiger partial charge on any atom is 0.320 e. The fourth-order valence-electron chi connectivity index (χ4n) is 2.14. The highest BCUT2D eigenvalue weighted by Gasteiger charge is 2.30. The fourth-order valence-corrected chi connectivity index (χ4v) is 2.34. The molecule has 0 aliphatic carbocycles. The minimum Gasteiger partial charge on any atom is -0.480 e. The maximum atomic E-state index is 11.0. The molecule has 2 rings (SSSR count). The Morgan fingerprint density at radius 3 is 2.82 bits per heavy atom. The quantitative estimate of drug-likeness (QED) is 0.922. The summed E-state index contributed by atoms with van der Waals surface area (Å²) in [4.78, 5) is 13.0. The average molecular weight is 276 g/mol. The fraction of sp³-hybridized carbons (Fsp3) is 0.417. The summed E-state index contributed by atoms with van der Waals surface area (Å²) in [6.45, 7) is 1.46. The SMILES string of the molecule is Cl.O=C(O)[C@H]1CCCN1Cc1ccccc1Cl. The van der Waals surface area contributed by atoms with Gasteiger partial charge < -0.3 is 5.11 Å². The number of hydrogen-bond acceptors (Lipinski definition) is 2. The number of nitrogens with zero attached hydrogens (tertiary/aromatic N) is 1. The van der Waals surface area contributed by atoms with Gasteiger partial charge in [-0.05, 0) is 31.0 Å². The van der Waals surface area contributed by atoms with E-state index in [4.69, 9.17) is 16.7 Å². The predicted molar refractivity (Wildman–Crippen MR) is 69.8 cm³/mol. The number of carboxylic acid groups (broad SMARTS) is 1. The van der Waals surface area contributed by atoms with Crippen molar-refractivity contribution in [2.24, 2.45) is 0 Å². The van der Waals surface area contributed by atoms with Gasteiger partial charge in [0.15, 0.2) is 0 Å². The van der Waals surface area contributed by atoms with Crippen LogP contribution in [0.4, 0.5) is 0 Å². The third kappa shape index (κ3) is 3.35. The van der Waals surface area contributed by atoms with Gasteiger partial charge in [0.2, 0.25) is 0 Å². The predicted octanol–water partition coefficient (Wildman–Crippen LogP) is 2.81. The molecule has 1 N–H and O–H groups in total. The largest absolute Gasteiger partial charge is 0.480 e. The summed E-state index contributed by atoms with van der Waals surface area (Å²) in [7, 11) is 0. The van der Waals surface area contributed by atoms with Crippen molar-refractivity contribution in [1.29, 1.82) is 0 Å². The molecule has 3 nitrogen and oxygen atoms in total. The first-order valence-electron chi connectivity index (χ1n) is 5.39. The highest BCUT2D eigenvalue weighted by molar-refractivity contribution is 6.31. The molecule has 1 aromatic rings. The molecule has 1 atom stereocenters. The lowest BCUT2D eigenvalue weighted by Gasteiger charge is -2.21. The molecule has 1 aromatic carbocycles. The van der Waals surface area contributed by atoms with E-state index in [1.54, 1.807) is 0 Å². The molecule has 0 aromatic heterocycles. The first kappa shape index (κ1) is 14.3. The first-order chi connectivity index (χ1) is 7.68. The van der Waals surface area contributed by atoms with Gasteiger partial charge in [-0.25, -0.2) is 0 Å². The molecule has 0 amide bonds. The number of likely N-dealkylation sites (tertiary alicyclic amines) is 1. The lowest BCUT2D eigenvalue weighted by atomic mass is 10.2. The number of carbonyl (C=O) groups is 1. The van der Waals surface area contributed by atoms with E-state index < -0.39 is 5.97 Å². The van der Waals surface area contributed by atoms with Crippen LogP contribution in [0.1, 0.15) is 18.4 Å². The summed E-state index contributed by atoms with van der Waals surface area (Å²) < 4.78 is 0. The van der Waals surface area contributed by atoms with Crippen molar-refractivity contribution in [2.75, 3.05) is 6.54 Å². The third-order valence-corrected chi connectivity index (χ3v) is 3.35. The number of aliphatic carboxylic acids is 1. The summed E-state index contributed by atoms with van der Waals surface area (Å²) in [5, 5.41) is 9.76. The molecule has 5 heteroatoms. The van der Waals surface area contributed by atoms with Crippen LogP contribution in [0.5, 0.6) is 0 Å². The van der Waals surface area contributed by atoms with Crippen molar-refractivity contribution in [2.45, 2.75) is 25.4 Å². The Hall–Kier alpha value is -0.770. The maximum absolute atomic E-state index is 11.0. The van der Waals surface area contributed by atoms with Gasteiger partial charge in [-0.2, -0.15) is 0 Å². The average Bonchev–Trinajstić information content (AvgIpc) is 2.69. The molecule has 1 heterocycles. The molecular weight excluding hydrogens is 261 g/mol. The van der Waals surface area contributed by atoms with E-state index in [2.05, 4.69) is 0 Å². The Morgan fingerprint density at radius 1 is 1.47 bits per heavy atom. The number of rotatable bonds is 3. The van der Waals surface area contributed by atoms with Gasteiger partial charge in [0.25, 0.3) is 0 Å². The van der Waals surface area contributed by atoms with Gasteiger partial charge in [0.1, 0.15) is 6.04 Å². The molecule has 1 aliphatic rings. The molecule has 1 aliphatic heterocycles. The summed E-state index contributed by atoms with van der Waals surface area (Å²) in [6, 6.07) is 7.23. The molecule has 0 unspecified atom stereocenters. The van der Waals surface area contributed by atoms with Gasteiger partial charge in [0.05, 0.1) is 0 Å². The topological polar surface area (TPSA) is 40.5 Å². The number of hydrogen-bond donors (Lipinski definition) is 1. The second-order valence-corrected chi connectivity index (χ2v) is 4.47. The van der Waals surface area contributed by atoms with Crippen molar-refractivity contribution in [3.05, 3.63) is 34.9 Å². The zero-order chi connectivity index (χ0) is 11.5. The van der Waals surface area contributed by atoms with Crippen molar-refractivity contribution in [3.63, 3.8) is 0 Å². The van der Waals surface area contributed by atoms with Crippen LogP contribution in [0.25, 0.3) is 0 Å². The molecule has 1 saturated heterocycles. The Morgan fingerprint density at radius 2 is 2.18 bits per heavy atom. The van der Waals surface area contributed by atoms with E-state index in [0.717, 1.165) is 24.9 Å². The minimum atomic E-state index is -0.732. The summed E-state index contributed by atoms with van der Waals surface area (Å²) in [5.74, 6) is -0.732. The van der Waals surface area contributed by atoms with Crippen LogP contribution < -0.4 is 0 Å². The Labute approximate surface area is 112 Å². The van der Waals surface area contributed by atoms with Gasteiger partial charge in [-0.15, -0.1) is 12.4 Å². The lowest BCUT2D eigenvalue weighted by molar-refractivity contribution is -0.142. The van der Waals surface area contributed by atoms with Crippen molar-refractivity contribution >= 4 is 30.0 Å². The monoisotopic (exact) mass is 275 g/mol. The van der Waals surface area contributed by atoms with Crippen molar-refractivity contribution < 1.29 is 9.90 Å². The van der Waals surface area contributed by atoms with E-state index in [1.165, 1.54) is 0 Å². The van der Waals surface area contributed by atoms with Crippen LogP contribution in [0.15, 0.2) is 24.3 Å². The highest BCUT2D eigenvalue weighted by Crippen LogP contribution is 2.23. The van der Waals surface area contributed by atoms with E-state index in [0.29, 0.717) is 11.6 Å². The molecule has 1 fully saturated rings. The third-order valence-electron chi connectivity index (χ3n) is 2.98. The van der Waals surface area contributed by atoms with Gasteiger partial charge in [0, 0.05) is 11.6 Å².